The summed E-state index contributed by atoms with van der Waals surface area (Å²) in [5, 5.41) is 13.8. The molecule has 1 aliphatic rings. The van der Waals surface area contributed by atoms with Crippen LogP contribution in [0.2, 0.25) is 0 Å². The molecule has 0 aliphatic heterocycles. The summed E-state index contributed by atoms with van der Waals surface area (Å²) in [6.45, 7) is 7.38. The Bertz CT molecular complexity index is 622. The molecule has 27 heavy (non-hydrogen) atoms. The number of guanidine groups is 1. The number of carbonyl (C=O) groups excluding carboxylic acids is 2. The Morgan fingerprint density at radius 2 is 2.07 bits per heavy atom. The van der Waals surface area contributed by atoms with Crippen LogP contribution >= 0.6 is 0 Å². The fraction of sp³-hybridized carbons (Fsp3) is 0.667. The Hall–Kier alpha value is -2.60. The van der Waals surface area contributed by atoms with E-state index < -0.39 is 24.2 Å². The van der Waals surface area contributed by atoms with Crippen LogP contribution < -0.4 is 16.4 Å². The monoisotopic (exact) mass is 379 g/mol. The third kappa shape index (κ3) is 6.90. The number of hydrogen-bond donors (Lipinski definition) is 3. The number of rotatable bonds is 8. The van der Waals surface area contributed by atoms with E-state index in [4.69, 9.17) is 20.5 Å². The number of nitrogens with zero attached hydrogens (tertiary/aromatic N) is 2. The van der Waals surface area contributed by atoms with E-state index >= 15 is 0 Å². The van der Waals surface area contributed by atoms with Gasteiger partial charge in [0.15, 0.2) is 6.19 Å². The quantitative estimate of drug-likeness (QED) is 0.186. The lowest BCUT2D eigenvalue weighted by Crippen LogP contribution is -2.54. The van der Waals surface area contributed by atoms with Crippen molar-refractivity contribution in [1.82, 2.24) is 10.6 Å². The summed E-state index contributed by atoms with van der Waals surface area (Å²) in [4.78, 5) is 28.3. The average Bonchev–Trinajstić information content (AvgIpc) is 2.61. The van der Waals surface area contributed by atoms with E-state index in [2.05, 4.69) is 15.6 Å². The normalized spacial score (nSPS) is 22.6. The van der Waals surface area contributed by atoms with Gasteiger partial charge in [0.05, 0.1) is 30.9 Å². The van der Waals surface area contributed by atoms with Gasteiger partial charge in [-0.05, 0) is 25.8 Å². The number of ether oxygens (including phenoxy) is 2. The Balaban J connectivity index is 3.28. The minimum atomic E-state index is -0.585. The van der Waals surface area contributed by atoms with Gasteiger partial charge in [0.1, 0.15) is 0 Å². The van der Waals surface area contributed by atoms with Gasteiger partial charge in [0, 0.05) is 18.9 Å². The minimum Gasteiger partial charge on any atom is -0.463 e. The number of carbonyl (C=O) groups is 2. The summed E-state index contributed by atoms with van der Waals surface area (Å²) >= 11 is 0. The first-order chi connectivity index (χ1) is 12.9. The molecule has 0 aromatic heterocycles. The Morgan fingerprint density at radius 1 is 1.41 bits per heavy atom. The van der Waals surface area contributed by atoms with Crippen molar-refractivity contribution < 1.29 is 19.1 Å². The molecule has 150 valence electrons. The van der Waals surface area contributed by atoms with Crippen molar-refractivity contribution in [3.8, 4) is 6.19 Å². The smallest absolute Gasteiger partial charge is 0.333 e. The van der Waals surface area contributed by atoms with Crippen LogP contribution in [0.1, 0.15) is 47.0 Å². The number of aliphatic imine (C=N–C) groups is 1. The van der Waals surface area contributed by atoms with Crippen LogP contribution in [-0.2, 0) is 19.1 Å². The zero-order valence-corrected chi connectivity index (χ0v) is 16.3. The fourth-order valence-electron chi connectivity index (χ4n) is 2.95. The van der Waals surface area contributed by atoms with Crippen molar-refractivity contribution >= 4 is 17.8 Å². The fourth-order valence-corrected chi connectivity index (χ4v) is 2.95. The van der Waals surface area contributed by atoms with E-state index in [0.717, 1.165) is 12.8 Å². The molecular formula is C18H29N5O4. The average molecular weight is 379 g/mol. The van der Waals surface area contributed by atoms with E-state index in [0.29, 0.717) is 5.57 Å². The molecule has 1 rings (SSSR count). The summed E-state index contributed by atoms with van der Waals surface area (Å²) in [6.07, 6.45) is 4.56. The maximum absolute atomic E-state index is 12.3. The van der Waals surface area contributed by atoms with Gasteiger partial charge in [0.25, 0.3) is 0 Å². The molecule has 4 N–H and O–H groups in total. The van der Waals surface area contributed by atoms with Gasteiger partial charge in [-0.1, -0.05) is 13.8 Å². The number of nitrogens with two attached hydrogens (primary N) is 1. The molecule has 9 heteroatoms. The predicted molar refractivity (Wildman–Crippen MR) is 100 cm³/mol. The topological polar surface area (TPSA) is 139 Å². The number of esters is 1. The van der Waals surface area contributed by atoms with Crippen LogP contribution in [0.4, 0.5) is 0 Å². The van der Waals surface area contributed by atoms with Gasteiger partial charge in [-0.3, -0.25) is 10.1 Å². The highest BCUT2D eigenvalue weighted by Gasteiger charge is 2.38. The Kier molecular flexibility index (Phi) is 9.30. The second-order valence-electron chi connectivity index (χ2n) is 6.20. The molecule has 1 aliphatic carbocycles. The van der Waals surface area contributed by atoms with Crippen molar-refractivity contribution in [3.05, 3.63) is 11.6 Å². The molecule has 0 saturated carbocycles. The van der Waals surface area contributed by atoms with E-state index in [-0.39, 0.29) is 31.0 Å². The van der Waals surface area contributed by atoms with Crippen molar-refractivity contribution in [2.24, 2.45) is 10.7 Å². The van der Waals surface area contributed by atoms with E-state index in [9.17, 15) is 9.59 Å². The first-order valence-corrected chi connectivity index (χ1v) is 9.14. The van der Waals surface area contributed by atoms with Crippen LogP contribution in [0.3, 0.4) is 0 Å². The van der Waals surface area contributed by atoms with Gasteiger partial charge in [-0.25, -0.2) is 9.79 Å². The highest BCUT2D eigenvalue weighted by Crippen LogP contribution is 2.27. The SMILES string of the molecule is CCOC(=O)C1=C[C@@H](OC(CC)CC)[C@H](NC(C)=O)[C@@H](N=C(N)NC#N)C1. The lowest BCUT2D eigenvalue weighted by Gasteiger charge is -2.36. The molecule has 0 heterocycles. The van der Waals surface area contributed by atoms with Gasteiger partial charge in [-0.2, -0.15) is 5.26 Å². The second kappa shape index (κ2) is 11.2. The first-order valence-electron chi connectivity index (χ1n) is 9.14. The van der Waals surface area contributed by atoms with Gasteiger partial charge >= 0.3 is 5.97 Å². The largest absolute Gasteiger partial charge is 0.463 e. The zero-order valence-electron chi connectivity index (χ0n) is 16.3. The number of nitrogens with one attached hydrogen (secondary N) is 2. The molecule has 0 spiro atoms. The molecule has 1 amide bonds. The molecule has 0 saturated heterocycles. The first kappa shape index (κ1) is 22.4. The summed E-state index contributed by atoms with van der Waals surface area (Å²) < 4.78 is 11.2. The van der Waals surface area contributed by atoms with Crippen LogP contribution in [-0.4, -0.2) is 48.7 Å². The molecule has 0 fully saturated rings. The van der Waals surface area contributed by atoms with Crippen LogP contribution in [0.5, 0.6) is 0 Å². The molecular weight excluding hydrogens is 350 g/mol. The molecule has 0 unspecified atom stereocenters. The summed E-state index contributed by atoms with van der Waals surface area (Å²) in [6, 6.07) is -1.11. The Labute approximate surface area is 160 Å². The van der Waals surface area contributed by atoms with Crippen molar-refractivity contribution in [2.45, 2.75) is 71.2 Å². The highest BCUT2D eigenvalue weighted by atomic mass is 16.5. The lowest BCUT2D eigenvalue weighted by molar-refractivity contribution is -0.139. The van der Waals surface area contributed by atoms with E-state index in [1.807, 2.05) is 13.8 Å². The predicted octanol–water partition coefficient (Wildman–Crippen LogP) is 0.712. The molecule has 0 radical (unpaired) electrons. The van der Waals surface area contributed by atoms with Crippen LogP contribution in [0, 0.1) is 11.5 Å². The van der Waals surface area contributed by atoms with Crippen molar-refractivity contribution in [2.75, 3.05) is 6.61 Å². The molecule has 9 nitrogen and oxygen atoms in total. The van der Waals surface area contributed by atoms with Gasteiger partial charge < -0.3 is 20.5 Å². The maximum atomic E-state index is 12.3. The molecule has 3 atom stereocenters. The van der Waals surface area contributed by atoms with E-state index in [1.165, 1.54) is 6.92 Å². The number of nitriles is 1. The number of hydrogen-bond acceptors (Lipinski definition) is 6. The zero-order chi connectivity index (χ0) is 20.4. The van der Waals surface area contributed by atoms with Gasteiger partial charge in [0.2, 0.25) is 11.9 Å². The molecule has 0 aromatic carbocycles. The highest BCUT2D eigenvalue weighted by molar-refractivity contribution is 5.89. The minimum absolute atomic E-state index is 0.0386. The summed E-state index contributed by atoms with van der Waals surface area (Å²) in [5.74, 6) is -0.800. The third-order valence-electron chi connectivity index (χ3n) is 4.22. The Morgan fingerprint density at radius 3 is 2.59 bits per heavy atom. The van der Waals surface area contributed by atoms with Crippen molar-refractivity contribution in [1.29, 1.82) is 5.26 Å². The maximum Gasteiger partial charge on any atom is 0.333 e. The van der Waals surface area contributed by atoms with Gasteiger partial charge in [-0.15, -0.1) is 0 Å². The van der Waals surface area contributed by atoms with Crippen molar-refractivity contribution in [3.63, 3.8) is 0 Å². The summed E-state index contributed by atoms with van der Waals surface area (Å²) in [7, 11) is 0. The van der Waals surface area contributed by atoms with Crippen LogP contribution in [0.15, 0.2) is 16.6 Å². The second-order valence-corrected chi connectivity index (χ2v) is 6.20. The standard InChI is InChI=1S/C18H29N5O4/c1-5-13(6-2)27-15-9-12(17(25)26-7-3)8-14(16(15)22-11(4)24)23-18(20)21-10-19/h9,13-16H,5-8H2,1-4H3,(H,22,24)(H3,20,21,23)/t14-,15+,16+/m0/s1. The lowest BCUT2D eigenvalue weighted by atomic mass is 9.88. The van der Waals surface area contributed by atoms with Crippen LogP contribution in [0.25, 0.3) is 0 Å². The third-order valence-corrected chi connectivity index (χ3v) is 4.22. The van der Waals surface area contributed by atoms with E-state index in [1.54, 1.807) is 19.2 Å². The summed E-state index contributed by atoms with van der Waals surface area (Å²) in [5.41, 5.74) is 6.12. The molecule has 0 bridgehead atoms. The number of amides is 1. The molecule has 0 aromatic rings.